The van der Waals surface area contributed by atoms with Crippen molar-refractivity contribution in [2.45, 2.75) is 11.8 Å². The van der Waals surface area contributed by atoms with Gasteiger partial charge < -0.3 is 9.73 Å². The predicted molar refractivity (Wildman–Crippen MR) is 58.8 cm³/mol. The molecule has 3 heteroatoms. The molecule has 3 heterocycles. The SMILES string of the molecule is C[SH]12(CNCc3ccco3)CC1C2. The molecule has 0 amide bonds. The molecule has 0 aliphatic carbocycles. The molecule has 74 valence electrons. The van der Waals surface area contributed by atoms with E-state index in [1.807, 2.05) is 12.1 Å². The van der Waals surface area contributed by atoms with Gasteiger partial charge in [0, 0.05) is 5.88 Å². The molecule has 2 aliphatic heterocycles. The molecule has 3 rings (SSSR count). The van der Waals surface area contributed by atoms with Gasteiger partial charge in [-0.05, 0) is 35.1 Å². The number of thiol groups is 1. The van der Waals surface area contributed by atoms with E-state index in [0.717, 1.165) is 17.6 Å². The molecule has 2 aliphatic rings. The maximum absolute atomic E-state index is 5.27. The summed E-state index contributed by atoms with van der Waals surface area (Å²) in [4.78, 5) is 0. The molecule has 1 aromatic rings. The van der Waals surface area contributed by atoms with Crippen molar-refractivity contribution < 1.29 is 4.42 Å². The Kier molecular flexibility index (Phi) is 1.31. The van der Waals surface area contributed by atoms with Gasteiger partial charge in [-0.15, -0.1) is 0 Å². The van der Waals surface area contributed by atoms with Crippen LogP contribution in [0.1, 0.15) is 5.76 Å². The highest BCUT2D eigenvalue weighted by molar-refractivity contribution is 8.61. The summed E-state index contributed by atoms with van der Waals surface area (Å²) < 4.78 is 5.27. The standard InChI is InChI=1S/C10H17NOS/c1-13(6-10(13)7-13)8-11-5-9-3-2-4-12-9/h2-4,10-11,13H,5-8H2,1H3. The number of fused-ring (bicyclic) bond motifs is 1. The molecule has 0 spiro atoms. The minimum absolute atomic E-state index is 0.908. The van der Waals surface area contributed by atoms with E-state index in [2.05, 4.69) is 11.6 Å². The zero-order valence-electron chi connectivity index (χ0n) is 7.99. The lowest BCUT2D eigenvalue weighted by atomic mass is 10.4. The Labute approximate surface area is 79.0 Å². The fourth-order valence-electron chi connectivity index (χ4n) is 2.30. The van der Waals surface area contributed by atoms with E-state index in [0.29, 0.717) is 0 Å². The van der Waals surface area contributed by atoms with Gasteiger partial charge >= 0.3 is 0 Å². The number of rotatable bonds is 4. The summed E-state index contributed by atoms with van der Waals surface area (Å²) in [5, 5.41) is 4.70. The number of hydrogen-bond donors (Lipinski definition) is 2. The van der Waals surface area contributed by atoms with Gasteiger partial charge in [0.25, 0.3) is 0 Å². The number of hydrogen-bond acceptors (Lipinski definition) is 2. The number of furan rings is 1. The van der Waals surface area contributed by atoms with Crippen LogP contribution in [0.25, 0.3) is 0 Å². The molecule has 2 nitrogen and oxygen atoms in total. The largest absolute Gasteiger partial charge is 0.468 e. The average molecular weight is 199 g/mol. The monoisotopic (exact) mass is 199 g/mol. The third-order valence-corrected chi connectivity index (χ3v) is 9.79. The van der Waals surface area contributed by atoms with Crippen molar-refractivity contribution in [3.8, 4) is 0 Å². The molecule has 0 radical (unpaired) electrons. The molecule has 13 heavy (non-hydrogen) atoms. The summed E-state index contributed by atoms with van der Waals surface area (Å²) in [6.45, 7) is 0.908. The van der Waals surface area contributed by atoms with Crippen LogP contribution in [0.2, 0.25) is 0 Å². The fraction of sp³-hybridized carbons (Fsp3) is 0.600. The van der Waals surface area contributed by atoms with Gasteiger partial charge in [-0.1, -0.05) is 0 Å². The van der Waals surface area contributed by atoms with Crippen LogP contribution < -0.4 is 5.32 Å². The van der Waals surface area contributed by atoms with E-state index >= 15 is 0 Å². The Hall–Kier alpha value is -0.410. The summed E-state index contributed by atoms with van der Waals surface area (Å²) in [6.07, 6.45) is 4.29. The Morgan fingerprint density at radius 3 is 2.92 bits per heavy atom. The van der Waals surface area contributed by atoms with Gasteiger partial charge in [0.15, 0.2) is 0 Å². The first kappa shape index (κ1) is 7.94. The van der Waals surface area contributed by atoms with Crippen LogP contribution in [0.15, 0.2) is 22.8 Å². The molecular weight excluding hydrogens is 182 g/mol. The maximum Gasteiger partial charge on any atom is 0.117 e. The van der Waals surface area contributed by atoms with Gasteiger partial charge in [-0.25, -0.2) is 0 Å². The van der Waals surface area contributed by atoms with Crippen LogP contribution in [-0.2, 0) is 6.54 Å². The lowest BCUT2D eigenvalue weighted by Crippen LogP contribution is -2.18. The van der Waals surface area contributed by atoms with Crippen LogP contribution in [0.3, 0.4) is 0 Å². The fourth-order valence-corrected chi connectivity index (χ4v) is 8.19. The quantitative estimate of drug-likeness (QED) is 0.566. The van der Waals surface area contributed by atoms with Gasteiger partial charge in [0.2, 0.25) is 0 Å². The first-order chi connectivity index (χ1) is 6.20. The minimum atomic E-state index is -0.981. The third-order valence-electron chi connectivity index (χ3n) is 3.85. The smallest absolute Gasteiger partial charge is 0.117 e. The van der Waals surface area contributed by atoms with Gasteiger partial charge in [0.1, 0.15) is 5.76 Å². The molecule has 0 bridgehead atoms. The highest BCUT2D eigenvalue weighted by atomic mass is 32.3. The normalized spacial score (nSPS) is 34.2. The van der Waals surface area contributed by atoms with Crippen LogP contribution in [0, 0.1) is 0 Å². The van der Waals surface area contributed by atoms with Crippen LogP contribution in [-0.4, -0.2) is 28.9 Å². The molecular formula is C10H17NOS. The number of nitrogens with one attached hydrogen (secondary N) is 1. The predicted octanol–water partition coefficient (Wildman–Crippen LogP) is 1.42. The van der Waals surface area contributed by atoms with Gasteiger partial charge in [-0.2, -0.15) is 0 Å². The van der Waals surface area contributed by atoms with Crippen molar-refractivity contribution in [2.75, 3.05) is 23.6 Å². The van der Waals surface area contributed by atoms with Crippen molar-refractivity contribution in [1.29, 1.82) is 0 Å². The second kappa shape index (κ2) is 2.15. The first-order valence-corrected chi connectivity index (χ1v) is 8.23. The molecule has 0 unspecified atom stereocenters. The molecule has 0 aromatic carbocycles. The minimum Gasteiger partial charge on any atom is -0.468 e. The molecule has 0 atom stereocenters. The lowest BCUT2D eigenvalue weighted by Gasteiger charge is -2.26. The second-order valence-electron chi connectivity index (χ2n) is 5.11. The molecule has 1 aromatic heterocycles. The van der Waals surface area contributed by atoms with E-state index in [-0.39, 0.29) is 0 Å². The van der Waals surface area contributed by atoms with Crippen molar-refractivity contribution >= 4 is 9.16 Å². The molecule has 2 saturated heterocycles. The van der Waals surface area contributed by atoms with E-state index in [9.17, 15) is 0 Å². The van der Waals surface area contributed by atoms with E-state index in [4.69, 9.17) is 4.42 Å². The van der Waals surface area contributed by atoms with Gasteiger partial charge in [-0.3, -0.25) is 9.16 Å². The lowest BCUT2D eigenvalue weighted by molar-refractivity contribution is 0.493. The molecule has 0 saturated carbocycles. The maximum atomic E-state index is 5.27. The van der Waals surface area contributed by atoms with Crippen LogP contribution in [0.4, 0.5) is 0 Å². The van der Waals surface area contributed by atoms with Crippen molar-refractivity contribution in [3.63, 3.8) is 0 Å². The van der Waals surface area contributed by atoms with E-state index < -0.39 is 9.16 Å². The van der Waals surface area contributed by atoms with Crippen molar-refractivity contribution in [3.05, 3.63) is 24.2 Å². The van der Waals surface area contributed by atoms with Crippen molar-refractivity contribution in [1.82, 2.24) is 5.32 Å². The van der Waals surface area contributed by atoms with Crippen LogP contribution in [0.5, 0.6) is 0 Å². The average Bonchev–Trinajstić information content (AvgIpc) is 2.74. The Balaban J connectivity index is 1.51. The van der Waals surface area contributed by atoms with E-state index in [1.54, 1.807) is 17.8 Å². The van der Waals surface area contributed by atoms with E-state index in [1.165, 1.54) is 5.88 Å². The second-order valence-corrected chi connectivity index (χ2v) is 11.7. The zero-order chi connectivity index (χ0) is 8.97. The molecule has 1 N–H and O–H groups in total. The highest BCUT2D eigenvalue weighted by Gasteiger charge is 2.73. The Morgan fingerprint density at radius 2 is 2.38 bits per heavy atom. The Morgan fingerprint density at radius 1 is 1.62 bits per heavy atom. The summed E-state index contributed by atoms with van der Waals surface area (Å²) >= 11 is 0. The molecule has 2 fully saturated rings. The van der Waals surface area contributed by atoms with Gasteiger partial charge in [0.05, 0.1) is 12.8 Å². The summed E-state index contributed by atoms with van der Waals surface area (Å²) in [6, 6.07) is 3.98. The Bertz CT molecular complexity index is 327. The van der Waals surface area contributed by atoms with Crippen LogP contribution >= 0.6 is 9.16 Å². The van der Waals surface area contributed by atoms with Crippen molar-refractivity contribution in [2.24, 2.45) is 0 Å². The topological polar surface area (TPSA) is 25.2 Å². The zero-order valence-corrected chi connectivity index (χ0v) is 8.89. The first-order valence-electron chi connectivity index (χ1n) is 4.93. The summed E-state index contributed by atoms with van der Waals surface area (Å²) in [7, 11) is -0.981. The summed E-state index contributed by atoms with van der Waals surface area (Å²) in [5.41, 5.74) is 0. The highest BCUT2D eigenvalue weighted by Crippen LogP contribution is 2.98. The third kappa shape index (κ3) is 1.14. The summed E-state index contributed by atoms with van der Waals surface area (Å²) in [5.74, 6) is 5.48.